The van der Waals surface area contributed by atoms with E-state index in [0.29, 0.717) is 0 Å². The predicted molar refractivity (Wildman–Crippen MR) is 25.4 cm³/mol. The van der Waals surface area contributed by atoms with E-state index in [1.165, 1.54) is 0 Å². The summed E-state index contributed by atoms with van der Waals surface area (Å²) >= 11 is 4.63. The summed E-state index contributed by atoms with van der Waals surface area (Å²) < 4.78 is 0. The van der Waals surface area contributed by atoms with Gasteiger partial charge in [-0.05, 0) is 0 Å². The van der Waals surface area contributed by atoms with Gasteiger partial charge in [0.2, 0.25) is 0 Å². The van der Waals surface area contributed by atoms with Crippen LogP contribution in [0.4, 0.5) is 0 Å². The molecule has 0 atom stereocenters. The molecule has 0 aliphatic heterocycles. The van der Waals surface area contributed by atoms with Crippen molar-refractivity contribution in [1.82, 2.24) is 0 Å². The third-order valence-corrected chi connectivity index (χ3v) is 0.770. The van der Waals surface area contributed by atoms with Crippen LogP contribution < -0.4 is 10.2 Å². The van der Waals surface area contributed by atoms with Crippen molar-refractivity contribution in [2.45, 2.75) is 5.38 Å². The first kappa shape index (κ1) is 11.8. The van der Waals surface area contributed by atoms with E-state index in [1.54, 1.807) is 0 Å². The fourth-order valence-corrected chi connectivity index (χ4v) is 0.0962. The molecular weight excluding hydrogens is 160 g/mol. The monoisotopic (exact) mass is 160 g/mol. The summed E-state index contributed by atoms with van der Waals surface area (Å²) in [5, 5.41) is 16.9. The van der Waals surface area contributed by atoms with Crippen LogP contribution in [0.15, 0.2) is 0 Å². The van der Waals surface area contributed by atoms with E-state index >= 15 is 0 Å². The molecule has 4 nitrogen and oxygen atoms in total. The van der Waals surface area contributed by atoms with Crippen LogP contribution in [0, 0.1) is 0 Å². The minimum absolute atomic E-state index is 0. The summed E-state index contributed by atoms with van der Waals surface area (Å²) in [5.74, 6) is -3.71. The smallest absolute Gasteiger partial charge is 0.548 e. The third kappa shape index (κ3) is 4.50. The molecule has 0 aromatic carbocycles. The quantitative estimate of drug-likeness (QED) is 0.241. The summed E-state index contributed by atoms with van der Waals surface area (Å²) in [5.41, 5.74) is 0. The van der Waals surface area contributed by atoms with Gasteiger partial charge in [0.25, 0.3) is 0 Å². The van der Waals surface area contributed by atoms with Crippen LogP contribution >= 0.6 is 11.6 Å². The molecule has 0 unspecified atom stereocenters. The van der Waals surface area contributed by atoms with Gasteiger partial charge in [-0.3, -0.25) is 0 Å². The Labute approximate surface area is 72.0 Å². The number of carbonyl (C=O) groups is 2. The summed E-state index contributed by atoms with van der Waals surface area (Å²) in [6.07, 6.45) is 0. The third-order valence-electron chi connectivity index (χ3n) is 0.414. The Morgan fingerprint density at radius 3 is 1.44 bits per heavy atom. The molecule has 0 saturated heterocycles. The van der Waals surface area contributed by atoms with Crippen molar-refractivity contribution in [2.24, 2.45) is 0 Å². The Hall–Kier alpha value is -0.00377. The Morgan fingerprint density at radius 2 is 1.44 bits per heavy atom. The van der Waals surface area contributed by atoms with Crippen molar-refractivity contribution in [1.29, 1.82) is 0 Å². The molecule has 0 spiro atoms. The number of hydrogen-bond acceptors (Lipinski definition) is 4. The number of alkyl halides is 1. The molecule has 0 amide bonds. The molecule has 46 valence electrons. The molecule has 0 aromatic heterocycles. The molecule has 0 radical (unpaired) electrons. The number of halogens is 1. The summed E-state index contributed by atoms with van der Waals surface area (Å²) in [4.78, 5) is 19.0. The van der Waals surface area contributed by atoms with Crippen LogP contribution in [-0.4, -0.2) is 40.4 Å². The van der Waals surface area contributed by atoms with Crippen molar-refractivity contribution >= 4 is 46.6 Å². The number of carbonyl (C=O) groups excluding carboxylic acids is 2. The minimum Gasteiger partial charge on any atom is -0.548 e. The topological polar surface area (TPSA) is 80.3 Å². The maximum atomic E-state index is 9.48. The SMILES string of the molecule is O=C([O-])C(Cl)C(=O)[O-].[Mg+2]. The molecule has 0 saturated carbocycles. The fraction of sp³-hybridized carbons (Fsp3) is 0.333. The van der Waals surface area contributed by atoms with Crippen molar-refractivity contribution in [2.75, 3.05) is 0 Å². The average Bonchev–Trinajstić information content (AvgIpc) is 1.64. The molecule has 0 aliphatic carbocycles. The first-order chi connectivity index (χ1) is 3.55. The number of hydrogen-bond donors (Lipinski definition) is 0. The first-order valence-electron chi connectivity index (χ1n) is 1.61. The second kappa shape index (κ2) is 4.84. The van der Waals surface area contributed by atoms with Gasteiger partial charge in [0.05, 0.1) is 11.9 Å². The first-order valence-corrected chi connectivity index (χ1v) is 2.05. The van der Waals surface area contributed by atoms with Gasteiger partial charge in [-0.25, -0.2) is 0 Å². The minimum atomic E-state index is -2.05. The van der Waals surface area contributed by atoms with E-state index in [4.69, 9.17) is 0 Å². The van der Waals surface area contributed by atoms with Gasteiger partial charge in [-0.2, -0.15) is 0 Å². The Bertz CT molecular complexity index is 111. The molecule has 9 heavy (non-hydrogen) atoms. The van der Waals surface area contributed by atoms with Crippen LogP contribution in [0.25, 0.3) is 0 Å². The fourth-order valence-electron chi connectivity index (χ4n) is 0.0962. The zero-order valence-electron chi connectivity index (χ0n) is 4.30. The standard InChI is InChI=1S/C3H3ClO4.Mg/c4-1(2(5)6)3(7)8;/h1H,(H,5,6)(H,7,8);/q;+2/p-2. The van der Waals surface area contributed by atoms with Gasteiger partial charge >= 0.3 is 23.1 Å². The molecule has 0 fully saturated rings. The van der Waals surface area contributed by atoms with Crippen molar-refractivity contribution in [3.63, 3.8) is 0 Å². The molecule has 0 heterocycles. The van der Waals surface area contributed by atoms with E-state index < -0.39 is 17.3 Å². The maximum absolute atomic E-state index is 9.48. The van der Waals surface area contributed by atoms with Crippen LogP contribution in [0.1, 0.15) is 0 Å². The largest absolute Gasteiger partial charge is 2.00 e. The van der Waals surface area contributed by atoms with E-state index in [1.807, 2.05) is 0 Å². The summed E-state index contributed by atoms with van der Waals surface area (Å²) in [7, 11) is 0. The number of aliphatic carboxylic acids is 2. The molecule has 0 rings (SSSR count). The molecule has 0 aromatic rings. The van der Waals surface area contributed by atoms with Gasteiger partial charge in [0, 0.05) is 0 Å². The average molecular weight is 161 g/mol. The van der Waals surface area contributed by atoms with Crippen LogP contribution in [-0.2, 0) is 9.59 Å². The van der Waals surface area contributed by atoms with E-state index in [2.05, 4.69) is 11.6 Å². The summed E-state index contributed by atoms with van der Waals surface area (Å²) in [6.45, 7) is 0. The van der Waals surface area contributed by atoms with E-state index in [-0.39, 0.29) is 23.1 Å². The number of carboxylic acids is 2. The number of rotatable bonds is 2. The van der Waals surface area contributed by atoms with Gasteiger partial charge in [0.1, 0.15) is 5.38 Å². The van der Waals surface area contributed by atoms with Crippen molar-refractivity contribution in [3.8, 4) is 0 Å². The van der Waals surface area contributed by atoms with Crippen LogP contribution in [0.2, 0.25) is 0 Å². The van der Waals surface area contributed by atoms with Crippen molar-refractivity contribution in [3.05, 3.63) is 0 Å². The molecular formula is C3HClMgO4. The Balaban J connectivity index is 0. The molecule has 0 N–H and O–H groups in total. The van der Waals surface area contributed by atoms with Gasteiger partial charge in [-0.1, -0.05) is 0 Å². The Kier molecular flexibility index (Phi) is 6.31. The predicted octanol–water partition coefficient (Wildman–Crippen LogP) is -3.29. The summed E-state index contributed by atoms with van der Waals surface area (Å²) in [6, 6.07) is 0. The zero-order chi connectivity index (χ0) is 6.73. The van der Waals surface area contributed by atoms with Crippen LogP contribution in [0.5, 0.6) is 0 Å². The number of carboxylic acid groups (broad SMARTS) is 2. The Morgan fingerprint density at radius 1 is 1.22 bits per heavy atom. The van der Waals surface area contributed by atoms with Crippen LogP contribution in [0.3, 0.4) is 0 Å². The van der Waals surface area contributed by atoms with Gasteiger partial charge in [-0.15, -0.1) is 11.6 Å². The molecule has 0 bridgehead atoms. The van der Waals surface area contributed by atoms with E-state index in [9.17, 15) is 19.8 Å². The molecule has 0 aliphatic rings. The van der Waals surface area contributed by atoms with E-state index in [0.717, 1.165) is 0 Å². The van der Waals surface area contributed by atoms with Gasteiger partial charge in [0.15, 0.2) is 0 Å². The molecule has 6 heteroatoms. The normalized spacial score (nSPS) is 8.22. The van der Waals surface area contributed by atoms with Gasteiger partial charge < -0.3 is 19.8 Å². The second-order valence-corrected chi connectivity index (χ2v) is 1.44. The van der Waals surface area contributed by atoms with Crippen molar-refractivity contribution < 1.29 is 19.8 Å². The second-order valence-electron chi connectivity index (χ2n) is 1.00. The maximum Gasteiger partial charge on any atom is 2.00 e. The zero-order valence-corrected chi connectivity index (χ0v) is 6.47.